The highest BCUT2D eigenvalue weighted by Gasteiger charge is 2.24. The number of hydrogen-bond acceptors (Lipinski definition) is 4. The predicted molar refractivity (Wildman–Crippen MR) is 72.2 cm³/mol. The minimum absolute atomic E-state index is 0.263. The van der Waals surface area contributed by atoms with Gasteiger partial charge in [-0.25, -0.2) is 4.79 Å². The van der Waals surface area contributed by atoms with Crippen LogP contribution in [0.25, 0.3) is 0 Å². The maximum absolute atomic E-state index is 11.8. The van der Waals surface area contributed by atoms with Gasteiger partial charge in [-0.15, -0.1) is 0 Å². The quantitative estimate of drug-likeness (QED) is 0.816. The summed E-state index contributed by atoms with van der Waals surface area (Å²) in [7, 11) is 4.91. The predicted octanol–water partition coefficient (Wildman–Crippen LogP) is -0.259. The molecule has 0 aliphatic heterocycles. The fourth-order valence-corrected chi connectivity index (χ4v) is 2.54. The average Bonchev–Trinajstić information content (AvgIpc) is 2.87. The molecule has 1 aliphatic rings. The van der Waals surface area contributed by atoms with Crippen molar-refractivity contribution < 1.29 is 4.74 Å². The Morgan fingerprint density at radius 1 is 1.32 bits per heavy atom. The number of methoxy groups -OCH3 is 1. The standard InChI is InChI=1S/C13H21N3O3/c1-15-10(7-12(17)16(2)13(15)18)8-14-9-4-5-11(6-9)19-3/h7,9,11,14H,4-6,8H2,1-3H3. The maximum atomic E-state index is 11.8. The fourth-order valence-electron chi connectivity index (χ4n) is 2.54. The summed E-state index contributed by atoms with van der Waals surface area (Å²) in [5, 5.41) is 3.39. The van der Waals surface area contributed by atoms with Gasteiger partial charge in [-0.1, -0.05) is 0 Å². The van der Waals surface area contributed by atoms with Crippen molar-refractivity contribution >= 4 is 0 Å². The largest absolute Gasteiger partial charge is 0.381 e. The third kappa shape index (κ3) is 2.96. The molecule has 1 aliphatic carbocycles. The third-order valence-electron chi connectivity index (χ3n) is 3.92. The number of rotatable bonds is 4. The zero-order chi connectivity index (χ0) is 14.0. The summed E-state index contributed by atoms with van der Waals surface area (Å²) in [5.74, 6) is 0. The minimum atomic E-state index is -0.287. The lowest BCUT2D eigenvalue weighted by atomic mass is 10.2. The fraction of sp³-hybridized carbons (Fsp3) is 0.692. The molecule has 1 N–H and O–H groups in total. The first-order chi connectivity index (χ1) is 9.02. The first kappa shape index (κ1) is 14.0. The third-order valence-corrected chi connectivity index (χ3v) is 3.92. The van der Waals surface area contributed by atoms with E-state index in [0.717, 1.165) is 23.8 Å². The maximum Gasteiger partial charge on any atom is 0.330 e. The molecule has 1 aromatic rings. The monoisotopic (exact) mass is 267 g/mol. The molecular formula is C13H21N3O3. The molecule has 0 aromatic carbocycles. The Balaban J connectivity index is 2.05. The Hall–Kier alpha value is -1.40. The first-order valence-electron chi connectivity index (χ1n) is 6.55. The summed E-state index contributed by atoms with van der Waals surface area (Å²) in [6.07, 6.45) is 3.43. The van der Waals surface area contributed by atoms with Gasteiger partial charge in [-0.05, 0) is 19.3 Å². The van der Waals surface area contributed by atoms with E-state index in [1.807, 2.05) is 0 Å². The highest BCUT2D eigenvalue weighted by Crippen LogP contribution is 2.21. The molecule has 0 spiro atoms. The number of nitrogens with zero attached hydrogens (tertiary/aromatic N) is 2. The molecule has 0 bridgehead atoms. The number of hydrogen-bond donors (Lipinski definition) is 1. The van der Waals surface area contributed by atoms with E-state index in [-0.39, 0.29) is 11.2 Å². The highest BCUT2D eigenvalue weighted by molar-refractivity contribution is 5.02. The van der Waals surface area contributed by atoms with E-state index in [9.17, 15) is 9.59 Å². The normalized spacial score (nSPS) is 22.9. The molecule has 6 nitrogen and oxygen atoms in total. The van der Waals surface area contributed by atoms with Gasteiger partial charge in [0.25, 0.3) is 5.56 Å². The van der Waals surface area contributed by atoms with Crippen molar-refractivity contribution in [1.82, 2.24) is 14.5 Å². The molecule has 1 heterocycles. The minimum Gasteiger partial charge on any atom is -0.381 e. The van der Waals surface area contributed by atoms with Crippen LogP contribution in [0.1, 0.15) is 25.0 Å². The Morgan fingerprint density at radius 2 is 2.05 bits per heavy atom. The number of ether oxygens (including phenoxy) is 1. The van der Waals surface area contributed by atoms with Crippen LogP contribution in [0.2, 0.25) is 0 Å². The van der Waals surface area contributed by atoms with Gasteiger partial charge >= 0.3 is 5.69 Å². The van der Waals surface area contributed by atoms with E-state index >= 15 is 0 Å². The molecule has 0 saturated heterocycles. The van der Waals surface area contributed by atoms with E-state index in [2.05, 4.69) is 5.32 Å². The lowest BCUT2D eigenvalue weighted by Crippen LogP contribution is -2.39. The molecule has 106 valence electrons. The van der Waals surface area contributed by atoms with Crippen molar-refractivity contribution in [3.05, 3.63) is 32.6 Å². The molecule has 1 fully saturated rings. The van der Waals surface area contributed by atoms with Crippen molar-refractivity contribution in [2.24, 2.45) is 14.1 Å². The van der Waals surface area contributed by atoms with Gasteiger partial charge in [0, 0.05) is 45.6 Å². The molecular weight excluding hydrogens is 246 g/mol. The SMILES string of the molecule is COC1CCC(NCc2cc(=O)n(C)c(=O)n2C)C1. The Morgan fingerprint density at radius 3 is 2.68 bits per heavy atom. The second-order valence-electron chi connectivity index (χ2n) is 5.12. The van der Waals surface area contributed by atoms with Gasteiger partial charge in [-0.3, -0.25) is 13.9 Å². The van der Waals surface area contributed by atoms with Crippen molar-refractivity contribution in [1.29, 1.82) is 0 Å². The van der Waals surface area contributed by atoms with E-state index in [0.29, 0.717) is 24.4 Å². The van der Waals surface area contributed by atoms with E-state index < -0.39 is 0 Å². The molecule has 19 heavy (non-hydrogen) atoms. The summed E-state index contributed by atoms with van der Waals surface area (Å²) in [5.41, 5.74) is 0.167. The smallest absolute Gasteiger partial charge is 0.330 e. The van der Waals surface area contributed by atoms with Crippen LogP contribution < -0.4 is 16.6 Å². The molecule has 0 amide bonds. The summed E-state index contributed by atoms with van der Waals surface area (Å²) in [4.78, 5) is 23.4. The average molecular weight is 267 g/mol. The van der Waals surface area contributed by atoms with Crippen LogP contribution in [-0.4, -0.2) is 28.4 Å². The molecule has 1 aromatic heterocycles. The van der Waals surface area contributed by atoms with E-state index in [1.54, 1.807) is 14.2 Å². The Kier molecular flexibility index (Phi) is 4.21. The molecule has 6 heteroatoms. The van der Waals surface area contributed by atoms with Crippen LogP contribution in [0.4, 0.5) is 0 Å². The molecule has 2 rings (SSSR count). The topological polar surface area (TPSA) is 65.3 Å². The van der Waals surface area contributed by atoms with Gasteiger partial charge in [0.2, 0.25) is 0 Å². The van der Waals surface area contributed by atoms with Gasteiger partial charge in [0.05, 0.1) is 6.10 Å². The summed E-state index contributed by atoms with van der Waals surface area (Å²) < 4.78 is 7.94. The van der Waals surface area contributed by atoms with Crippen molar-refractivity contribution in [2.45, 2.75) is 38.0 Å². The molecule has 2 atom stereocenters. The van der Waals surface area contributed by atoms with Crippen LogP contribution in [0.3, 0.4) is 0 Å². The van der Waals surface area contributed by atoms with Crippen LogP contribution in [0, 0.1) is 0 Å². The van der Waals surface area contributed by atoms with Crippen LogP contribution in [-0.2, 0) is 25.4 Å². The van der Waals surface area contributed by atoms with E-state index in [1.165, 1.54) is 17.7 Å². The number of aromatic nitrogens is 2. The lowest BCUT2D eigenvalue weighted by molar-refractivity contribution is 0.107. The summed E-state index contributed by atoms with van der Waals surface area (Å²) >= 11 is 0. The van der Waals surface area contributed by atoms with Crippen molar-refractivity contribution in [3.8, 4) is 0 Å². The van der Waals surface area contributed by atoms with Crippen molar-refractivity contribution in [3.63, 3.8) is 0 Å². The molecule has 2 unspecified atom stereocenters. The first-order valence-corrected chi connectivity index (χ1v) is 6.55. The second kappa shape index (κ2) is 5.71. The van der Waals surface area contributed by atoms with Crippen molar-refractivity contribution in [2.75, 3.05) is 7.11 Å². The van der Waals surface area contributed by atoms with Gasteiger partial charge in [0.1, 0.15) is 0 Å². The Bertz CT molecular complexity index is 561. The molecule has 0 radical (unpaired) electrons. The summed E-state index contributed by atoms with van der Waals surface area (Å²) in [6.45, 7) is 0.531. The second-order valence-corrected chi connectivity index (χ2v) is 5.12. The highest BCUT2D eigenvalue weighted by atomic mass is 16.5. The van der Waals surface area contributed by atoms with Crippen LogP contribution in [0.5, 0.6) is 0 Å². The van der Waals surface area contributed by atoms with Gasteiger partial charge < -0.3 is 10.1 Å². The van der Waals surface area contributed by atoms with E-state index in [4.69, 9.17) is 4.74 Å². The van der Waals surface area contributed by atoms with Gasteiger partial charge in [0.15, 0.2) is 0 Å². The van der Waals surface area contributed by atoms with Crippen LogP contribution >= 0.6 is 0 Å². The zero-order valence-electron chi connectivity index (χ0n) is 11.7. The molecule has 1 saturated carbocycles. The summed E-state index contributed by atoms with van der Waals surface area (Å²) in [6, 6.07) is 1.90. The Labute approximate surface area is 112 Å². The zero-order valence-corrected chi connectivity index (χ0v) is 11.7. The van der Waals surface area contributed by atoms with Gasteiger partial charge in [-0.2, -0.15) is 0 Å². The number of nitrogens with one attached hydrogen (secondary N) is 1. The lowest BCUT2D eigenvalue weighted by Gasteiger charge is -2.15. The van der Waals surface area contributed by atoms with Crippen LogP contribution in [0.15, 0.2) is 15.7 Å².